The highest BCUT2D eigenvalue weighted by Crippen LogP contribution is 2.29. The summed E-state index contributed by atoms with van der Waals surface area (Å²) in [6.07, 6.45) is 0. The predicted octanol–water partition coefficient (Wildman–Crippen LogP) is 1.12. The molecule has 1 aliphatic heterocycles. The predicted molar refractivity (Wildman–Crippen MR) is 166 cm³/mol. The Bertz CT molecular complexity index is 1750. The number of nitrogens with zero attached hydrogens (tertiary/aromatic N) is 1. The lowest BCUT2D eigenvalue weighted by atomic mass is 9.91. The van der Waals surface area contributed by atoms with Gasteiger partial charge in [0.25, 0.3) is 15.9 Å². The standard InChI is InChI=1S/C30H31N7O8S/c1-30(21-14-12-20(13-15-21)25(31)32)27(40)37(29(42)35-30)17-24(38)33-16-23(26(39)45-18-19-8-4-2-5-9-19)46(43,44)36-28(41)34-22-10-6-3-7-11-22/h2-15,23H,16-18H2,1H3,(H3,31,32)(H,33,38)(H,35,42)(H2,34,36,41)/t23-,30-/m0/s1. The van der Waals surface area contributed by atoms with Crippen molar-refractivity contribution in [1.82, 2.24) is 20.3 Å². The fourth-order valence-corrected chi connectivity index (χ4v) is 5.52. The van der Waals surface area contributed by atoms with Gasteiger partial charge in [0.05, 0.1) is 0 Å². The molecule has 0 bridgehead atoms. The summed E-state index contributed by atoms with van der Waals surface area (Å²) in [5.41, 5.74) is 5.53. The Morgan fingerprint density at radius 1 is 0.978 bits per heavy atom. The Morgan fingerprint density at radius 3 is 2.20 bits per heavy atom. The number of ether oxygens (including phenoxy) is 1. The molecule has 1 saturated heterocycles. The second-order valence-corrected chi connectivity index (χ2v) is 12.2. The highest BCUT2D eigenvalue weighted by molar-refractivity contribution is 7.91. The third kappa shape index (κ3) is 7.84. The number of amides is 6. The minimum atomic E-state index is -4.79. The maximum absolute atomic E-state index is 13.3. The van der Waals surface area contributed by atoms with Crippen LogP contribution in [0.15, 0.2) is 84.9 Å². The minimum absolute atomic E-state index is 0.187. The molecule has 0 saturated carbocycles. The Morgan fingerprint density at radius 2 is 1.59 bits per heavy atom. The molecule has 3 aromatic carbocycles. The van der Waals surface area contributed by atoms with Crippen molar-refractivity contribution >= 4 is 51.4 Å². The largest absolute Gasteiger partial charge is 0.460 e. The van der Waals surface area contributed by atoms with Gasteiger partial charge >= 0.3 is 18.0 Å². The number of anilines is 1. The van der Waals surface area contributed by atoms with Crippen LogP contribution in [0, 0.1) is 5.41 Å². The fraction of sp³-hybridized carbons (Fsp3) is 0.200. The summed E-state index contributed by atoms with van der Waals surface area (Å²) >= 11 is 0. The number of benzene rings is 3. The SMILES string of the molecule is C[C@@]1(c2ccc(C(=N)N)cc2)NC(=O)N(CC(=O)NC[C@@H](C(=O)OCc2ccccc2)S(=O)(=O)NC(=O)Nc2ccccc2)C1=O. The van der Waals surface area contributed by atoms with Crippen LogP contribution in [0.4, 0.5) is 15.3 Å². The molecule has 16 heteroatoms. The van der Waals surface area contributed by atoms with E-state index in [1.165, 1.54) is 43.3 Å². The number of urea groups is 2. The third-order valence-corrected chi connectivity index (χ3v) is 8.54. The number of hydrogen-bond acceptors (Lipinski definition) is 9. The van der Waals surface area contributed by atoms with Crippen LogP contribution in [0.1, 0.15) is 23.6 Å². The van der Waals surface area contributed by atoms with Crippen molar-refractivity contribution in [2.45, 2.75) is 24.3 Å². The van der Waals surface area contributed by atoms with Crippen molar-refractivity contribution < 1.29 is 37.1 Å². The number of carbonyl (C=O) groups is 5. The second-order valence-electron chi connectivity index (χ2n) is 10.3. The van der Waals surface area contributed by atoms with E-state index >= 15 is 0 Å². The van der Waals surface area contributed by atoms with Crippen molar-refractivity contribution in [3.05, 3.63) is 102 Å². The van der Waals surface area contributed by atoms with E-state index in [1.807, 2.05) is 0 Å². The van der Waals surface area contributed by atoms with Crippen molar-refractivity contribution in [3.8, 4) is 0 Å². The number of carbonyl (C=O) groups excluding carboxylic acids is 5. The van der Waals surface area contributed by atoms with Crippen LogP contribution in [0.25, 0.3) is 0 Å². The number of sulfonamides is 1. The van der Waals surface area contributed by atoms with Crippen LogP contribution in [0.2, 0.25) is 0 Å². The van der Waals surface area contributed by atoms with E-state index in [9.17, 15) is 32.4 Å². The zero-order chi connectivity index (χ0) is 33.5. The van der Waals surface area contributed by atoms with Gasteiger partial charge in [-0.2, -0.15) is 0 Å². The molecule has 1 heterocycles. The number of nitrogens with one attached hydrogen (secondary N) is 5. The summed E-state index contributed by atoms with van der Waals surface area (Å²) in [6, 6.07) is 20.3. The lowest BCUT2D eigenvalue weighted by Crippen LogP contribution is -2.51. The van der Waals surface area contributed by atoms with Crippen LogP contribution >= 0.6 is 0 Å². The number of rotatable bonds is 12. The summed E-state index contributed by atoms with van der Waals surface area (Å²) in [6.45, 7) is -0.511. The van der Waals surface area contributed by atoms with E-state index in [-0.39, 0.29) is 18.1 Å². The molecule has 6 amide bonds. The van der Waals surface area contributed by atoms with Gasteiger partial charge in [-0.05, 0) is 30.2 Å². The Balaban J connectivity index is 1.45. The zero-order valence-electron chi connectivity index (χ0n) is 24.5. The van der Waals surface area contributed by atoms with Gasteiger partial charge in [0.2, 0.25) is 5.91 Å². The van der Waals surface area contributed by atoms with Gasteiger partial charge in [-0.15, -0.1) is 0 Å². The summed E-state index contributed by atoms with van der Waals surface area (Å²) in [4.78, 5) is 65.0. The van der Waals surface area contributed by atoms with Crippen LogP contribution in [-0.4, -0.2) is 67.3 Å². The number of nitrogen functional groups attached to an aromatic ring is 1. The number of para-hydroxylation sites is 1. The van der Waals surface area contributed by atoms with Crippen molar-refractivity contribution in [3.63, 3.8) is 0 Å². The van der Waals surface area contributed by atoms with Crippen LogP contribution in [0.3, 0.4) is 0 Å². The summed E-state index contributed by atoms with van der Waals surface area (Å²) in [5, 5.41) is 12.5. The molecule has 3 aromatic rings. The smallest absolute Gasteiger partial charge is 0.332 e. The molecule has 4 rings (SSSR count). The summed E-state index contributed by atoms with van der Waals surface area (Å²) in [7, 11) is -4.79. The summed E-state index contributed by atoms with van der Waals surface area (Å²) in [5.74, 6) is -3.19. The van der Waals surface area contributed by atoms with Gasteiger partial charge in [-0.25, -0.2) is 22.7 Å². The number of amidine groups is 1. The molecule has 0 radical (unpaired) electrons. The minimum Gasteiger partial charge on any atom is -0.460 e. The molecule has 1 aliphatic rings. The van der Waals surface area contributed by atoms with Crippen LogP contribution in [-0.2, 0) is 41.3 Å². The first-order chi connectivity index (χ1) is 21.8. The van der Waals surface area contributed by atoms with Crippen LogP contribution < -0.4 is 26.4 Å². The Hall–Kier alpha value is -5.77. The van der Waals surface area contributed by atoms with Crippen molar-refractivity contribution in [2.24, 2.45) is 5.73 Å². The van der Waals surface area contributed by atoms with Gasteiger partial charge in [-0.3, -0.25) is 24.7 Å². The molecule has 240 valence electrons. The lowest BCUT2D eigenvalue weighted by Gasteiger charge is -2.22. The van der Waals surface area contributed by atoms with Gasteiger partial charge < -0.3 is 26.4 Å². The molecule has 0 spiro atoms. The Labute approximate surface area is 264 Å². The van der Waals surface area contributed by atoms with Gasteiger partial charge in [0, 0.05) is 17.8 Å². The van der Waals surface area contributed by atoms with E-state index in [1.54, 1.807) is 53.3 Å². The number of hydrogen-bond donors (Lipinski definition) is 6. The van der Waals surface area contributed by atoms with E-state index in [0.29, 0.717) is 21.6 Å². The summed E-state index contributed by atoms with van der Waals surface area (Å²) < 4.78 is 33.3. The first kappa shape index (κ1) is 33.1. The molecular weight excluding hydrogens is 618 g/mol. The fourth-order valence-electron chi connectivity index (χ4n) is 4.45. The monoisotopic (exact) mass is 649 g/mol. The van der Waals surface area contributed by atoms with E-state index in [0.717, 1.165) is 0 Å². The molecule has 15 nitrogen and oxygen atoms in total. The zero-order valence-corrected chi connectivity index (χ0v) is 25.3. The third-order valence-electron chi connectivity index (χ3n) is 6.96. The molecule has 0 unspecified atom stereocenters. The molecule has 2 atom stereocenters. The molecular formula is C30H31N7O8S. The first-order valence-corrected chi connectivity index (χ1v) is 15.3. The highest BCUT2D eigenvalue weighted by Gasteiger charge is 2.49. The topological polar surface area (TPSA) is 230 Å². The first-order valence-electron chi connectivity index (χ1n) is 13.7. The molecule has 1 fully saturated rings. The van der Waals surface area contributed by atoms with Gasteiger partial charge in [0.1, 0.15) is 24.5 Å². The van der Waals surface area contributed by atoms with Gasteiger partial charge in [-0.1, -0.05) is 72.8 Å². The Kier molecular flexibility index (Phi) is 10.0. The van der Waals surface area contributed by atoms with Crippen molar-refractivity contribution in [1.29, 1.82) is 5.41 Å². The van der Waals surface area contributed by atoms with Crippen LogP contribution in [0.5, 0.6) is 0 Å². The molecule has 0 aliphatic carbocycles. The van der Waals surface area contributed by atoms with Crippen molar-refractivity contribution in [2.75, 3.05) is 18.4 Å². The molecule has 7 N–H and O–H groups in total. The van der Waals surface area contributed by atoms with Gasteiger partial charge in [0.15, 0.2) is 5.25 Å². The number of imide groups is 1. The highest BCUT2D eigenvalue weighted by atomic mass is 32.2. The normalized spacial score (nSPS) is 16.6. The average Bonchev–Trinajstić information content (AvgIpc) is 3.24. The molecule has 0 aromatic heterocycles. The maximum atomic E-state index is 13.3. The van der Waals surface area contributed by atoms with E-state index in [4.69, 9.17) is 15.9 Å². The maximum Gasteiger partial charge on any atom is 0.332 e. The second kappa shape index (κ2) is 13.9. The van der Waals surface area contributed by atoms with E-state index in [2.05, 4.69) is 16.0 Å². The number of esters is 1. The lowest BCUT2D eigenvalue weighted by molar-refractivity contribution is -0.144. The molecule has 46 heavy (non-hydrogen) atoms. The average molecular weight is 650 g/mol. The van der Waals surface area contributed by atoms with E-state index < -0.39 is 63.7 Å². The quantitative estimate of drug-likeness (QED) is 0.0713. The number of nitrogens with two attached hydrogens (primary N) is 1.